The van der Waals surface area contributed by atoms with Crippen LogP contribution in [0, 0.1) is 0 Å². The summed E-state index contributed by atoms with van der Waals surface area (Å²) in [5.41, 5.74) is 0.498. The van der Waals surface area contributed by atoms with E-state index in [2.05, 4.69) is 20.6 Å². The van der Waals surface area contributed by atoms with Crippen LogP contribution in [-0.2, 0) is 27.5 Å². The molecule has 0 aliphatic rings. The van der Waals surface area contributed by atoms with Gasteiger partial charge in [0, 0.05) is 22.5 Å². The maximum atomic E-state index is 12.4. The summed E-state index contributed by atoms with van der Waals surface area (Å²) in [5.74, 6) is 3.84. The second-order valence-electron chi connectivity index (χ2n) is 8.20. The van der Waals surface area contributed by atoms with Crippen LogP contribution in [-0.4, -0.2) is 47.8 Å². The van der Waals surface area contributed by atoms with E-state index in [9.17, 15) is 22.2 Å². The molecule has 0 aliphatic carbocycles. The maximum Gasteiger partial charge on any atom is 0.573 e. The lowest BCUT2D eigenvalue weighted by Crippen LogP contribution is -2.54. The lowest BCUT2D eigenvalue weighted by atomic mass is 10.1. The van der Waals surface area contributed by atoms with Gasteiger partial charge in [0.15, 0.2) is 11.5 Å². The molecule has 1 atom stereocenters. The van der Waals surface area contributed by atoms with Crippen LogP contribution in [0.2, 0.25) is 0 Å². The lowest BCUT2D eigenvalue weighted by molar-refractivity contribution is -0.274. The zero-order valence-corrected chi connectivity index (χ0v) is 20.3. The number of hydrogen-bond acceptors (Lipinski definition) is 5. The Balaban J connectivity index is 1.92. The highest BCUT2D eigenvalue weighted by Gasteiger charge is 2.31. The van der Waals surface area contributed by atoms with Crippen LogP contribution < -0.4 is 24.2 Å². The molecule has 0 heterocycles. The molecule has 2 rings (SSSR count). The summed E-state index contributed by atoms with van der Waals surface area (Å²) in [6.07, 6.45) is -2.80. The number of rotatable bonds is 11. The third-order valence-corrected chi connectivity index (χ3v) is 5.46. The van der Waals surface area contributed by atoms with Gasteiger partial charge in [-0.05, 0) is 61.5 Å². The van der Waals surface area contributed by atoms with Gasteiger partial charge in [0.2, 0.25) is 5.91 Å². The quantitative estimate of drug-likeness (QED) is 0.460. The Morgan fingerprint density at radius 3 is 2.24 bits per heavy atom. The van der Waals surface area contributed by atoms with Crippen molar-refractivity contribution >= 4 is 21.5 Å². The third kappa shape index (κ3) is 9.14. The minimum Gasteiger partial charge on any atom is -0.493 e. The van der Waals surface area contributed by atoms with Crippen molar-refractivity contribution < 1.29 is 36.4 Å². The first-order valence-electron chi connectivity index (χ1n) is 10.2. The summed E-state index contributed by atoms with van der Waals surface area (Å²) in [6, 6.07) is 10.7. The summed E-state index contributed by atoms with van der Waals surface area (Å²) >= 11 is 0. The van der Waals surface area contributed by atoms with Gasteiger partial charge in [0.1, 0.15) is 17.9 Å². The molecule has 2 aromatic carbocycles. The van der Waals surface area contributed by atoms with Crippen LogP contribution in [0.5, 0.6) is 17.2 Å². The first kappa shape index (κ1) is 27.3. The van der Waals surface area contributed by atoms with Gasteiger partial charge in [0.25, 0.3) is 0 Å². The van der Waals surface area contributed by atoms with Gasteiger partial charge >= 0.3 is 6.36 Å². The number of halogens is 3. The fourth-order valence-corrected chi connectivity index (χ4v) is 4.23. The SMILES string of the molecule is C=S(C)(=O)NC(C)(C)C(=O)NCCc1ccc(OCc2ccc(OC(F)(F)F)cc2)c(OC)c1. The largest absolute Gasteiger partial charge is 0.573 e. The molecule has 0 fully saturated rings. The van der Waals surface area contributed by atoms with Gasteiger partial charge in [0.05, 0.1) is 7.11 Å². The molecule has 0 saturated carbocycles. The van der Waals surface area contributed by atoms with E-state index in [1.807, 2.05) is 6.07 Å². The van der Waals surface area contributed by atoms with Crippen molar-refractivity contribution in [1.82, 2.24) is 10.0 Å². The Labute approximate surface area is 197 Å². The summed E-state index contributed by atoms with van der Waals surface area (Å²) in [5, 5.41) is 2.80. The van der Waals surface area contributed by atoms with Crippen molar-refractivity contribution in [3.63, 3.8) is 0 Å². The van der Waals surface area contributed by atoms with Gasteiger partial charge in [-0.25, -0.2) is 4.72 Å². The summed E-state index contributed by atoms with van der Waals surface area (Å²) in [4.78, 5) is 12.4. The minimum atomic E-state index is -4.74. The van der Waals surface area contributed by atoms with Crippen LogP contribution in [0.15, 0.2) is 42.5 Å². The van der Waals surface area contributed by atoms with E-state index >= 15 is 0 Å². The van der Waals surface area contributed by atoms with Gasteiger partial charge in [-0.2, -0.15) is 0 Å². The molecule has 0 bridgehead atoms. The molecule has 1 amide bonds. The molecule has 7 nitrogen and oxygen atoms in total. The molecular formula is C23H29F3N2O5S. The summed E-state index contributed by atoms with van der Waals surface area (Å²) in [7, 11) is -1.05. The number of benzene rings is 2. The summed E-state index contributed by atoms with van der Waals surface area (Å²) in [6.45, 7) is 3.72. The van der Waals surface area contributed by atoms with E-state index in [1.165, 1.54) is 37.6 Å². The van der Waals surface area contributed by atoms with Crippen molar-refractivity contribution in [1.29, 1.82) is 0 Å². The molecule has 11 heteroatoms. The maximum absolute atomic E-state index is 12.4. The topological polar surface area (TPSA) is 85.9 Å². The highest BCUT2D eigenvalue weighted by Crippen LogP contribution is 2.29. The van der Waals surface area contributed by atoms with Gasteiger partial charge in [-0.3, -0.25) is 9.00 Å². The van der Waals surface area contributed by atoms with Gasteiger partial charge in [-0.1, -0.05) is 18.2 Å². The standard InChI is InChI=1S/C23H29F3N2O5S/c1-22(2,28-34(4,5)30)21(29)27-13-12-16-8-11-19(20(14-16)31-3)32-15-17-6-9-18(10-7-17)33-23(24,25)26/h6-11,14H,4,12-13,15H2,1-3,5H3,(H,27,29)(H,28,30). The Morgan fingerprint density at radius 2 is 1.68 bits per heavy atom. The van der Waals surface area contributed by atoms with Crippen molar-refractivity contribution in [2.45, 2.75) is 38.8 Å². The minimum absolute atomic E-state index is 0.118. The van der Waals surface area contributed by atoms with Crippen LogP contribution >= 0.6 is 0 Å². The molecule has 188 valence electrons. The Morgan fingerprint density at radius 1 is 1.06 bits per heavy atom. The predicted molar refractivity (Wildman–Crippen MR) is 126 cm³/mol. The normalized spacial score (nSPS) is 13.6. The van der Waals surface area contributed by atoms with Crippen LogP contribution in [0.4, 0.5) is 13.2 Å². The lowest BCUT2D eigenvalue weighted by Gasteiger charge is -2.25. The molecule has 0 spiro atoms. The van der Waals surface area contributed by atoms with Crippen molar-refractivity contribution in [2.75, 3.05) is 19.9 Å². The van der Waals surface area contributed by atoms with Crippen molar-refractivity contribution in [2.24, 2.45) is 0 Å². The molecular weight excluding hydrogens is 473 g/mol. The van der Waals surface area contributed by atoms with E-state index in [4.69, 9.17) is 9.47 Å². The first-order chi connectivity index (χ1) is 15.7. The highest BCUT2D eigenvalue weighted by molar-refractivity contribution is 7.97. The van der Waals surface area contributed by atoms with E-state index in [-0.39, 0.29) is 18.3 Å². The van der Waals surface area contributed by atoms with E-state index < -0.39 is 21.6 Å². The van der Waals surface area contributed by atoms with Crippen molar-refractivity contribution in [3.05, 3.63) is 53.6 Å². The molecule has 0 aromatic heterocycles. The second kappa shape index (κ2) is 11.0. The van der Waals surface area contributed by atoms with Crippen LogP contribution in [0.25, 0.3) is 0 Å². The van der Waals surface area contributed by atoms with Crippen LogP contribution in [0.1, 0.15) is 25.0 Å². The first-order valence-corrected chi connectivity index (χ1v) is 12.4. The molecule has 34 heavy (non-hydrogen) atoms. The molecule has 2 N–H and O–H groups in total. The van der Waals surface area contributed by atoms with E-state index in [0.29, 0.717) is 30.0 Å². The molecule has 1 unspecified atom stereocenters. The van der Waals surface area contributed by atoms with Gasteiger partial charge < -0.3 is 19.5 Å². The smallest absolute Gasteiger partial charge is 0.493 e. The Hall–Kier alpha value is -2.92. The third-order valence-electron chi connectivity index (χ3n) is 4.52. The Bertz CT molecular complexity index is 1080. The average molecular weight is 503 g/mol. The average Bonchev–Trinajstić information content (AvgIpc) is 2.70. The molecule has 0 saturated heterocycles. The number of ether oxygens (including phenoxy) is 3. The monoisotopic (exact) mass is 502 g/mol. The van der Waals surface area contributed by atoms with E-state index in [0.717, 1.165) is 5.56 Å². The molecule has 0 aliphatic heterocycles. The fraction of sp³-hybridized carbons (Fsp3) is 0.391. The molecule has 2 aromatic rings. The highest BCUT2D eigenvalue weighted by atomic mass is 32.2. The second-order valence-corrected chi connectivity index (χ2v) is 10.4. The van der Waals surface area contributed by atoms with Crippen molar-refractivity contribution in [3.8, 4) is 17.2 Å². The number of carbonyl (C=O) groups excluding carboxylic acids is 1. The van der Waals surface area contributed by atoms with Gasteiger partial charge in [-0.15, -0.1) is 13.2 Å². The molecule has 0 radical (unpaired) electrons. The number of alkyl halides is 3. The van der Waals surface area contributed by atoms with E-state index in [1.54, 1.807) is 26.0 Å². The number of nitrogens with one attached hydrogen (secondary N) is 2. The Kier molecular flexibility index (Phi) is 8.84. The number of methoxy groups -OCH3 is 1. The fourth-order valence-electron chi connectivity index (χ4n) is 3.06. The number of carbonyl (C=O) groups is 1. The summed E-state index contributed by atoms with van der Waals surface area (Å²) < 4.78 is 66.3. The zero-order valence-electron chi connectivity index (χ0n) is 19.5. The number of amides is 1. The van der Waals surface area contributed by atoms with Crippen LogP contribution in [0.3, 0.4) is 0 Å². The number of hydrogen-bond donors (Lipinski definition) is 2. The zero-order chi connectivity index (χ0) is 25.6. The predicted octanol–water partition coefficient (Wildman–Crippen LogP) is 3.46.